The van der Waals surface area contributed by atoms with Crippen molar-refractivity contribution in [1.29, 1.82) is 0 Å². The predicted molar refractivity (Wildman–Crippen MR) is 105 cm³/mol. The Labute approximate surface area is 160 Å². The largest absolute Gasteiger partial charge is 0.394 e. The highest BCUT2D eigenvalue weighted by Gasteiger charge is 2.32. The number of hydrogen-bond donors (Lipinski definition) is 3. The van der Waals surface area contributed by atoms with Gasteiger partial charge in [-0.25, -0.2) is 0 Å². The minimum Gasteiger partial charge on any atom is -0.394 e. The summed E-state index contributed by atoms with van der Waals surface area (Å²) < 4.78 is 5.37. The Hall–Kier alpha value is -2.21. The minimum absolute atomic E-state index is 0.00969. The first kappa shape index (κ1) is 19.5. The molecule has 0 spiro atoms. The van der Waals surface area contributed by atoms with Crippen LogP contribution in [0.25, 0.3) is 0 Å². The third-order valence-electron chi connectivity index (χ3n) is 5.20. The molecule has 0 saturated carbocycles. The lowest BCUT2D eigenvalue weighted by molar-refractivity contribution is -0.121. The van der Waals surface area contributed by atoms with E-state index in [1.54, 1.807) is 0 Å². The summed E-state index contributed by atoms with van der Waals surface area (Å²) in [5, 5.41) is 16.2. The van der Waals surface area contributed by atoms with Crippen LogP contribution in [0.1, 0.15) is 30.0 Å². The van der Waals surface area contributed by atoms with E-state index in [2.05, 4.69) is 22.8 Å². The predicted octanol–water partition coefficient (Wildman–Crippen LogP) is 2.22. The summed E-state index contributed by atoms with van der Waals surface area (Å²) in [4.78, 5) is 12.6. The van der Waals surface area contributed by atoms with Gasteiger partial charge in [-0.3, -0.25) is 4.79 Å². The summed E-state index contributed by atoms with van der Waals surface area (Å²) in [7, 11) is 0. The summed E-state index contributed by atoms with van der Waals surface area (Å²) in [6, 6.07) is 20.1. The molecule has 3 rings (SSSR count). The average Bonchev–Trinajstić information content (AvgIpc) is 2.74. The van der Waals surface area contributed by atoms with Crippen molar-refractivity contribution in [3.8, 4) is 0 Å². The fraction of sp³-hybridized carbons (Fsp3) is 0.409. The van der Waals surface area contributed by atoms with Crippen LogP contribution in [0.4, 0.5) is 0 Å². The van der Waals surface area contributed by atoms with Crippen LogP contribution in [0.2, 0.25) is 0 Å². The lowest BCUT2D eigenvalue weighted by Crippen LogP contribution is -2.55. The molecule has 1 atom stereocenters. The molecule has 1 aliphatic heterocycles. The van der Waals surface area contributed by atoms with Crippen LogP contribution < -0.4 is 10.6 Å². The molecular formula is C22H28N2O3. The Morgan fingerprint density at radius 1 is 1.04 bits per heavy atom. The molecule has 144 valence electrons. The maximum absolute atomic E-state index is 12.6. The molecule has 1 saturated heterocycles. The van der Waals surface area contributed by atoms with Gasteiger partial charge in [0.1, 0.15) is 0 Å². The van der Waals surface area contributed by atoms with Crippen LogP contribution >= 0.6 is 0 Å². The molecule has 1 aliphatic rings. The van der Waals surface area contributed by atoms with Crippen LogP contribution in [0.15, 0.2) is 60.7 Å². The molecule has 3 N–H and O–H groups in total. The van der Waals surface area contributed by atoms with Crippen molar-refractivity contribution in [2.24, 2.45) is 0 Å². The first-order valence-corrected chi connectivity index (χ1v) is 9.53. The summed E-state index contributed by atoms with van der Waals surface area (Å²) in [6.07, 6.45) is 2.15. The molecule has 1 amide bonds. The van der Waals surface area contributed by atoms with Gasteiger partial charge < -0.3 is 20.5 Å². The van der Waals surface area contributed by atoms with E-state index in [1.807, 2.05) is 48.5 Å². The van der Waals surface area contributed by atoms with Gasteiger partial charge in [0.25, 0.3) is 0 Å². The Bertz CT molecular complexity index is 700. The van der Waals surface area contributed by atoms with Gasteiger partial charge in [0.2, 0.25) is 5.91 Å². The molecule has 5 nitrogen and oxygen atoms in total. The van der Waals surface area contributed by atoms with E-state index >= 15 is 0 Å². The zero-order valence-electron chi connectivity index (χ0n) is 15.6. The summed E-state index contributed by atoms with van der Waals surface area (Å²) >= 11 is 0. The van der Waals surface area contributed by atoms with Crippen LogP contribution in [-0.4, -0.2) is 42.9 Å². The second-order valence-electron chi connectivity index (χ2n) is 7.12. The van der Waals surface area contributed by atoms with Crippen LogP contribution in [-0.2, 0) is 16.0 Å². The molecule has 1 heterocycles. The van der Waals surface area contributed by atoms with Crippen molar-refractivity contribution in [2.45, 2.75) is 30.8 Å². The molecule has 2 aromatic carbocycles. The second-order valence-corrected chi connectivity index (χ2v) is 7.12. The van der Waals surface area contributed by atoms with Gasteiger partial charge in [0.15, 0.2) is 0 Å². The van der Waals surface area contributed by atoms with E-state index in [-0.39, 0.29) is 25.1 Å². The molecule has 2 aromatic rings. The van der Waals surface area contributed by atoms with Gasteiger partial charge in [-0.15, -0.1) is 0 Å². The molecule has 1 unspecified atom stereocenters. The normalized spacial score (nSPS) is 17.2. The topological polar surface area (TPSA) is 70.6 Å². The number of rotatable bonds is 8. The number of ether oxygens (including phenoxy) is 1. The number of carbonyl (C=O) groups excluding carboxylic acids is 1. The zero-order valence-corrected chi connectivity index (χ0v) is 15.6. The fourth-order valence-electron chi connectivity index (χ4n) is 3.45. The monoisotopic (exact) mass is 368 g/mol. The average molecular weight is 368 g/mol. The molecule has 5 heteroatoms. The van der Waals surface area contributed by atoms with Crippen molar-refractivity contribution >= 4 is 5.91 Å². The minimum atomic E-state index is -0.419. The van der Waals surface area contributed by atoms with E-state index < -0.39 is 5.54 Å². The Balaban J connectivity index is 1.63. The van der Waals surface area contributed by atoms with Crippen molar-refractivity contribution in [3.05, 3.63) is 71.8 Å². The SMILES string of the molecule is O=C(CNC1(CO)CCOCC1)NC(Cc1ccccc1)c1ccccc1. The molecular weight excluding hydrogens is 340 g/mol. The first-order valence-electron chi connectivity index (χ1n) is 9.53. The van der Waals surface area contributed by atoms with E-state index in [0.29, 0.717) is 26.1 Å². The molecule has 0 aliphatic carbocycles. The number of aliphatic hydroxyl groups is 1. The number of aliphatic hydroxyl groups excluding tert-OH is 1. The zero-order chi connectivity index (χ0) is 19.0. The van der Waals surface area contributed by atoms with Crippen molar-refractivity contribution in [2.75, 3.05) is 26.4 Å². The Morgan fingerprint density at radius 3 is 2.30 bits per heavy atom. The number of amides is 1. The highest BCUT2D eigenvalue weighted by Crippen LogP contribution is 2.20. The second kappa shape index (κ2) is 9.65. The van der Waals surface area contributed by atoms with E-state index in [4.69, 9.17) is 4.74 Å². The van der Waals surface area contributed by atoms with Gasteiger partial charge in [0, 0.05) is 18.8 Å². The van der Waals surface area contributed by atoms with Gasteiger partial charge in [-0.1, -0.05) is 60.7 Å². The number of benzene rings is 2. The van der Waals surface area contributed by atoms with Crippen LogP contribution in [0.3, 0.4) is 0 Å². The van der Waals surface area contributed by atoms with E-state index in [1.165, 1.54) is 5.56 Å². The van der Waals surface area contributed by atoms with Crippen molar-refractivity contribution in [1.82, 2.24) is 10.6 Å². The highest BCUT2D eigenvalue weighted by molar-refractivity contribution is 5.78. The number of nitrogens with one attached hydrogen (secondary N) is 2. The summed E-state index contributed by atoms with van der Waals surface area (Å²) in [6.45, 7) is 1.40. The highest BCUT2D eigenvalue weighted by atomic mass is 16.5. The van der Waals surface area contributed by atoms with Crippen molar-refractivity contribution < 1.29 is 14.6 Å². The molecule has 0 aromatic heterocycles. The third kappa shape index (κ3) is 5.63. The maximum atomic E-state index is 12.6. The van der Waals surface area contributed by atoms with Crippen molar-refractivity contribution in [3.63, 3.8) is 0 Å². The van der Waals surface area contributed by atoms with Gasteiger partial charge >= 0.3 is 0 Å². The first-order chi connectivity index (χ1) is 13.2. The Kier molecular flexibility index (Phi) is 6.98. The molecule has 1 fully saturated rings. The van der Waals surface area contributed by atoms with Gasteiger partial charge in [-0.05, 0) is 30.4 Å². The lowest BCUT2D eigenvalue weighted by atomic mass is 9.91. The standard InChI is InChI=1S/C22H28N2O3/c25-17-22(11-13-27-14-12-22)23-16-21(26)24-20(19-9-5-2-6-10-19)15-18-7-3-1-4-8-18/h1-10,20,23,25H,11-17H2,(H,24,26). The smallest absolute Gasteiger partial charge is 0.234 e. The lowest BCUT2D eigenvalue weighted by Gasteiger charge is -2.36. The quantitative estimate of drug-likeness (QED) is 0.668. The maximum Gasteiger partial charge on any atom is 0.234 e. The number of carbonyl (C=O) groups is 1. The summed E-state index contributed by atoms with van der Waals surface area (Å²) in [5.41, 5.74) is 1.84. The third-order valence-corrected chi connectivity index (χ3v) is 5.20. The van der Waals surface area contributed by atoms with E-state index in [0.717, 1.165) is 12.0 Å². The molecule has 0 radical (unpaired) electrons. The molecule has 27 heavy (non-hydrogen) atoms. The van der Waals surface area contributed by atoms with E-state index in [9.17, 15) is 9.90 Å². The van der Waals surface area contributed by atoms with Gasteiger partial charge in [0.05, 0.1) is 19.2 Å². The van der Waals surface area contributed by atoms with Crippen LogP contribution in [0, 0.1) is 0 Å². The van der Waals surface area contributed by atoms with Gasteiger partial charge in [-0.2, -0.15) is 0 Å². The summed E-state index contributed by atoms with van der Waals surface area (Å²) in [5.74, 6) is -0.0703. The fourth-order valence-corrected chi connectivity index (χ4v) is 3.45. The Morgan fingerprint density at radius 2 is 1.67 bits per heavy atom. The number of hydrogen-bond acceptors (Lipinski definition) is 4. The molecule has 0 bridgehead atoms. The van der Waals surface area contributed by atoms with Crippen LogP contribution in [0.5, 0.6) is 0 Å².